The van der Waals surface area contributed by atoms with E-state index in [4.69, 9.17) is 16.3 Å². The Morgan fingerprint density at radius 1 is 1.58 bits per heavy atom. The number of carbonyl (C=O) groups excluding carboxylic acids is 1. The normalized spacial score (nSPS) is 11.7. The van der Waals surface area contributed by atoms with Crippen molar-refractivity contribution in [3.05, 3.63) is 33.3 Å². The van der Waals surface area contributed by atoms with Crippen LogP contribution < -0.4 is 10.1 Å². The first kappa shape index (κ1) is 15.2. The Labute approximate surface area is 115 Å². The summed E-state index contributed by atoms with van der Waals surface area (Å²) in [6, 6.07) is 3.88. The second kappa shape index (κ2) is 6.94. The van der Waals surface area contributed by atoms with Gasteiger partial charge in [-0.25, -0.2) is 0 Å². The van der Waals surface area contributed by atoms with Gasteiger partial charge in [-0.1, -0.05) is 18.5 Å². The molecule has 7 heteroatoms. The monoisotopic (exact) mass is 286 g/mol. The zero-order chi connectivity index (χ0) is 14.4. The molecule has 1 rings (SSSR count). The van der Waals surface area contributed by atoms with Gasteiger partial charge in [0.05, 0.1) is 16.0 Å². The summed E-state index contributed by atoms with van der Waals surface area (Å²) in [5, 5.41) is 13.6. The van der Waals surface area contributed by atoms with E-state index in [2.05, 4.69) is 5.32 Å². The molecule has 0 saturated heterocycles. The summed E-state index contributed by atoms with van der Waals surface area (Å²) in [5.74, 6) is -0.174. The van der Waals surface area contributed by atoms with Gasteiger partial charge in [-0.2, -0.15) is 0 Å². The summed E-state index contributed by atoms with van der Waals surface area (Å²) in [4.78, 5) is 21.6. The summed E-state index contributed by atoms with van der Waals surface area (Å²) in [6.45, 7) is 3.59. The highest BCUT2D eigenvalue weighted by Gasteiger charge is 2.12. The zero-order valence-corrected chi connectivity index (χ0v) is 11.4. The Balaban J connectivity index is 2.64. The fourth-order valence-corrected chi connectivity index (χ4v) is 1.45. The van der Waals surface area contributed by atoms with Crippen LogP contribution in [0.4, 0.5) is 5.69 Å². The number of hydrogen-bond donors (Lipinski definition) is 1. The highest BCUT2D eigenvalue weighted by atomic mass is 35.5. The summed E-state index contributed by atoms with van der Waals surface area (Å²) in [7, 11) is 0. The van der Waals surface area contributed by atoms with E-state index in [1.165, 1.54) is 18.2 Å². The van der Waals surface area contributed by atoms with Gasteiger partial charge in [0.25, 0.3) is 11.6 Å². The van der Waals surface area contributed by atoms with E-state index >= 15 is 0 Å². The largest absolute Gasteiger partial charge is 0.482 e. The molecule has 0 fully saturated rings. The third-order valence-electron chi connectivity index (χ3n) is 2.50. The van der Waals surface area contributed by atoms with Crippen LogP contribution in [0.25, 0.3) is 0 Å². The first-order chi connectivity index (χ1) is 8.93. The van der Waals surface area contributed by atoms with Gasteiger partial charge in [-0.3, -0.25) is 14.9 Å². The van der Waals surface area contributed by atoms with Crippen LogP contribution in [0.15, 0.2) is 18.2 Å². The van der Waals surface area contributed by atoms with E-state index in [-0.39, 0.29) is 35.0 Å². The van der Waals surface area contributed by atoms with Gasteiger partial charge in [0, 0.05) is 12.1 Å². The van der Waals surface area contributed by atoms with E-state index in [9.17, 15) is 14.9 Å². The first-order valence-electron chi connectivity index (χ1n) is 5.80. The maximum Gasteiger partial charge on any atom is 0.273 e. The smallest absolute Gasteiger partial charge is 0.273 e. The minimum atomic E-state index is -0.553. The van der Waals surface area contributed by atoms with E-state index in [1.807, 2.05) is 13.8 Å². The Hall–Kier alpha value is -1.82. The molecule has 0 aliphatic rings. The maximum atomic E-state index is 11.5. The predicted octanol–water partition coefficient (Wildman–Crippen LogP) is 2.54. The van der Waals surface area contributed by atoms with Crippen molar-refractivity contribution in [2.24, 2.45) is 0 Å². The van der Waals surface area contributed by atoms with Gasteiger partial charge in [-0.15, -0.1) is 0 Å². The van der Waals surface area contributed by atoms with Gasteiger partial charge < -0.3 is 10.1 Å². The number of benzene rings is 1. The number of carbonyl (C=O) groups is 1. The van der Waals surface area contributed by atoms with Gasteiger partial charge >= 0.3 is 0 Å². The molecule has 1 aromatic carbocycles. The molecule has 1 aromatic rings. The van der Waals surface area contributed by atoms with Crippen LogP contribution in [-0.2, 0) is 4.79 Å². The lowest BCUT2D eigenvalue weighted by atomic mass is 10.2. The molecule has 1 N–H and O–H groups in total. The van der Waals surface area contributed by atoms with Gasteiger partial charge in [0.1, 0.15) is 5.75 Å². The molecular weight excluding hydrogens is 272 g/mol. The molecule has 0 aliphatic carbocycles. The summed E-state index contributed by atoms with van der Waals surface area (Å²) in [6.07, 6.45) is 0.809. The lowest BCUT2D eigenvalue weighted by Gasteiger charge is -2.12. The minimum Gasteiger partial charge on any atom is -0.482 e. The zero-order valence-electron chi connectivity index (χ0n) is 10.7. The molecule has 1 unspecified atom stereocenters. The highest BCUT2D eigenvalue weighted by molar-refractivity contribution is 6.32. The molecule has 104 valence electrons. The van der Waals surface area contributed by atoms with E-state index in [1.54, 1.807) is 0 Å². The number of halogens is 1. The number of non-ortho nitro benzene ring substituents is 1. The third-order valence-corrected chi connectivity index (χ3v) is 2.82. The minimum absolute atomic E-state index is 0.0525. The standard InChI is InChI=1S/C12H15ClN2O4/c1-3-8(2)14-12(16)7-19-11-6-9(15(17)18)4-5-10(11)13/h4-6,8H,3,7H2,1-2H3,(H,14,16). The fraction of sp³-hybridized carbons (Fsp3) is 0.417. The van der Waals surface area contributed by atoms with E-state index < -0.39 is 4.92 Å². The molecule has 0 aliphatic heterocycles. The Bertz CT molecular complexity index is 479. The number of nitro groups is 1. The molecular formula is C12H15ClN2O4. The fourth-order valence-electron chi connectivity index (χ4n) is 1.28. The number of nitrogens with one attached hydrogen (secondary N) is 1. The quantitative estimate of drug-likeness (QED) is 0.643. The van der Waals surface area contributed by atoms with E-state index in [0.29, 0.717) is 0 Å². The van der Waals surface area contributed by atoms with Gasteiger partial charge in [0.2, 0.25) is 0 Å². The molecule has 6 nitrogen and oxygen atoms in total. The molecule has 0 heterocycles. The first-order valence-corrected chi connectivity index (χ1v) is 6.18. The van der Waals surface area contributed by atoms with Gasteiger partial charge in [0.15, 0.2) is 6.61 Å². The summed E-state index contributed by atoms with van der Waals surface area (Å²) < 4.78 is 5.19. The predicted molar refractivity (Wildman–Crippen MR) is 71.5 cm³/mol. The molecule has 0 aromatic heterocycles. The van der Waals surface area contributed by atoms with Crippen LogP contribution >= 0.6 is 11.6 Å². The molecule has 0 radical (unpaired) electrons. The molecule has 1 amide bonds. The van der Waals surface area contributed by atoms with Crippen LogP contribution in [0.2, 0.25) is 5.02 Å². The van der Waals surface area contributed by atoms with Crippen molar-refractivity contribution in [1.29, 1.82) is 0 Å². The number of hydrogen-bond acceptors (Lipinski definition) is 4. The molecule has 0 bridgehead atoms. The number of ether oxygens (including phenoxy) is 1. The van der Waals surface area contributed by atoms with Crippen molar-refractivity contribution >= 4 is 23.2 Å². The third kappa shape index (κ3) is 4.75. The van der Waals surface area contributed by atoms with Gasteiger partial charge in [-0.05, 0) is 19.4 Å². The molecule has 19 heavy (non-hydrogen) atoms. The van der Waals surface area contributed by atoms with Crippen molar-refractivity contribution in [3.63, 3.8) is 0 Å². The van der Waals surface area contributed by atoms with Crippen molar-refractivity contribution < 1.29 is 14.5 Å². The van der Waals surface area contributed by atoms with Crippen molar-refractivity contribution in [3.8, 4) is 5.75 Å². The molecule has 0 spiro atoms. The van der Waals surface area contributed by atoms with Crippen LogP contribution in [-0.4, -0.2) is 23.5 Å². The Morgan fingerprint density at radius 2 is 2.26 bits per heavy atom. The maximum absolute atomic E-state index is 11.5. The lowest BCUT2D eigenvalue weighted by Crippen LogP contribution is -2.35. The topological polar surface area (TPSA) is 81.5 Å². The number of amides is 1. The summed E-state index contributed by atoms with van der Waals surface area (Å²) >= 11 is 5.84. The Kier molecular flexibility index (Phi) is 5.57. The summed E-state index contributed by atoms with van der Waals surface area (Å²) in [5.41, 5.74) is -0.137. The second-order valence-electron chi connectivity index (χ2n) is 4.04. The van der Waals surface area contributed by atoms with E-state index in [0.717, 1.165) is 6.42 Å². The van der Waals surface area contributed by atoms with Crippen molar-refractivity contribution in [2.75, 3.05) is 6.61 Å². The van der Waals surface area contributed by atoms with Crippen molar-refractivity contribution in [1.82, 2.24) is 5.32 Å². The van der Waals surface area contributed by atoms with Crippen LogP contribution in [0.1, 0.15) is 20.3 Å². The number of rotatable bonds is 6. The number of nitro benzene ring substituents is 1. The van der Waals surface area contributed by atoms with Crippen molar-refractivity contribution in [2.45, 2.75) is 26.3 Å². The lowest BCUT2D eigenvalue weighted by molar-refractivity contribution is -0.384. The molecule has 0 saturated carbocycles. The SMILES string of the molecule is CCC(C)NC(=O)COc1cc([N+](=O)[O-])ccc1Cl. The second-order valence-corrected chi connectivity index (χ2v) is 4.44. The molecule has 1 atom stereocenters. The number of nitrogens with zero attached hydrogens (tertiary/aromatic N) is 1. The Morgan fingerprint density at radius 3 is 2.84 bits per heavy atom. The highest BCUT2D eigenvalue weighted by Crippen LogP contribution is 2.28. The van der Waals surface area contributed by atoms with Crippen LogP contribution in [0.3, 0.4) is 0 Å². The average Bonchev–Trinajstić information content (AvgIpc) is 2.37. The average molecular weight is 287 g/mol. The van der Waals surface area contributed by atoms with Crippen LogP contribution in [0, 0.1) is 10.1 Å². The van der Waals surface area contributed by atoms with Crippen LogP contribution in [0.5, 0.6) is 5.75 Å².